The van der Waals surface area contributed by atoms with E-state index < -0.39 is 0 Å². The zero-order valence-electron chi connectivity index (χ0n) is 9.83. The summed E-state index contributed by atoms with van der Waals surface area (Å²) in [6.45, 7) is 3.41. The summed E-state index contributed by atoms with van der Waals surface area (Å²) in [5, 5.41) is 0. The van der Waals surface area contributed by atoms with E-state index >= 15 is 0 Å². The number of carbonyl (C=O) groups is 1. The Morgan fingerprint density at radius 2 is 1.71 bits per heavy atom. The number of hydrogen-bond donors (Lipinski definition) is 0. The predicted octanol–water partition coefficient (Wildman–Crippen LogP) is 3.67. The summed E-state index contributed by atoms with van der Waals surface area (Å²) in [6, 6.07) is 12.1. The lowest BCUT2D eigenvalue weighted by Crippen LogP contribution is -2.05. The third-order valence-corrected chi connectivity index (χ3v) is 2.77. The van der Waals surface area contributed by atoms with Gasteiger partial charge in [-0.2, -0.15) is 0 Å². The maximum Gasteiger partial charge on any atom is 0.193 e. The quantitative estimate of drug-likeness (QED) is 0.717. The Morgan fingerprint density at radius 1 is 1.06 bits per heavy atom. The van der Waals surface area contributed by atoms with E-state index in [1.165, 1.54) is 6.07 Å². The highest BCUT2D eigenvalue weighted by atomic mass is 19.1. The van der Waals surface area contributed by atoms with Crippen LogP contribution >= 0.6 is 0 Å². The molecule has 0 N–H and O–H groups in total. The van der Waals surface area contributed by atoms with Crippen molar-refractivity contribution in [3.8, 4) is 0 Å². The molecule has 2 aromatic carbocycles. The highest BCUT2D eigenvalue weighted by molar-refractivity contribution is 6.09. The van der Waals surface area contributed by atoms with Crippen LogP contribution in [0.3, 0.4) is 0 Å². The Labute approximate surface area is 99.9 Å². The number of halogens is 1. The third-order valence-electron chi connectivity index (χ3n) is 2.77. The Hall–Kier alpha value is -1.96. The van der Waals surface area contributed by atoms with Crippen LogP contribution in [-0.2, 0) is 0 Å². The van der Waals surface area contributed by atoms with E-state index in [1.807, 2.05) is 6.07 Å². The SMILES string of the molecule is Cc1cc(F)c(C)c(C(=O)c2ccccc2)c1. The van der Waals surface area contributed by atoms with Crippen molar-refractivity contribution in [1.82, 2.24) is 0 Å². The Morgan fingerprint density at radius 3 is 2.35 bits per heavy atom. The molecule has 1 nitrogen and oxygen atoms in total. The lowest BCUT2D eigenvalue weighted by molar-refractivity contribution is 0.103. The summed E-state index contributed by atoms with van der Waals surface area (Å²) >= 11 is 0. The second-order valence-electron chi connectivity index (χ2n) is 4.11. The van der Waals surface area contributed by atoms with Crippen molar-refractivity contribution in [2.24, 2.45) is 0 Å². The molecule has 86 valence electrons. The van der Waals surface area contributed by atoms with Crippen LogP contribution in [0.4, 0.5) is 4.39 Å². The van der Waals surface area contributed by atoms with Gasteiger partial charge in [-0.05, 0) is 37.1 Å². The summed E-state index contributed by atoms with van der Waals surface area (Å²) in [4.78, 5) is 12.2. The topological polar surface area (TPSA) is 17.1 Å². The van der Waals surface area contributed by atoms with Gasteiger partial charge in [-0.15, -0.1) is 0 Å². The Balaban J connectivity index is 2.52. The van der Waals surface area contributed by atoms with Crippen molar-refractivity contribution >= 4 is 5.78 Å². The lowest BCUT2D eigenvalue weighted by Gasteiger charge is -2.07. The number of aryl methyl sites for hydroxylation is 1. The average molecular weight is 228 g/mol. The number of hydrogen-bond acceptors (Lipinski definition) is 1. The van der Waals surface area contributed by atoms with Gasteiger partial charge in [-0.1, -0.05) is 30.3 Å². The molecule has 0 radical (unpaired) electrons. The Kier molecular flexibility index (Phi) is 3.05. The van der Waals surface area contributed by atoms with Crippen molar-refractivity contribution < 1.29 is 9.18 Å². The minimum atomic E-state index is -0.329. The van der Waals surface area contributed by atoms with E-state index in [9.17, 15) is 9.18 Å². The van der Waals surface area contributed by atoms with Crippen LogP contribution in [0.2, 0.25) is 0 Å². The van der Waals surface area contributed by atoms with E-state index in [4.69, 9.17) is 0 Å². The van der Waals surface area contributed by atoms with Gasteiger partial charge in [0.2, 0.25) is 0 Å². The van der Waals surface area contributed by atoms with Crippen LogP contribution in [0.5, 0.6) is 0 Å². The normalized spacial score (nSPS) is 10.3. The molecular formula is C15H13FO. The average Bonchev–Trinajstić information content (AvgIpc) is 2.34. The van der Waals surface area contributed by atoms with Gasteiger partial charge in [-0.25, -0.2) is 4.39 Å². The third kappa shape index (κ3) is 2.26. The molecule has 0 aliphatic rings. The molecule has 0 aliphatic heterocycles. The first-order valence-electron chi connectivity index (χ1n) is 5.46. The second kappa shape index (κ2) is 4.50. The van der Waals surface area contributed by atoms with Gasteiger partial charge in [0.25, 0.3) is 0 Å². The largest absolute Gasteiger partial charge is 0.289 e. The summed E-state index contributed by atoms with van der Waals surface area (Å²) in [6.07, 6.45) is 0. The second-order valence-corrected chi connectivity index (χ2v) is 4.11. The van der Waals surface area contributed by atoms with Crippen molar-refractivity contribution in [2.75, 3.05) is 0 Å². The monoisotopic (exact) mass is 228 g/mol. The fourth-order valence-corrected chi connectivity index (χ4v) is 1.80. The molecule has 0 spiro atoms. The van der Waals surface area contributed by atoms with Crippen molar-refractivity contribution in [1.29, 1.82) is 0 Å². The minimum Gasteiger partial charge on any atom is -0.289 e. The van der Waals surface area contributed by atoms with E-state index in [1.54, 1.807) is 44.2 Å². The molecule has 2 aromatic rings. The van der Waals surface area contributed by atoms with Gasteiger partial charge in [0.15, 0.2) is 5.78 Å². The molecule has 2 rings (SSSR count). The van der Waals surface area contributed by atoms with Crippen LogP contribution < -0.4 is 0 Å². The maximum absolute atomic E-state index is 13.6. The summed E-state index contributed by atoms with van der Waals surface area (Å²) in [5.41, 5.74) is 2.19. The molecule has 0 saturated carbocycles. The molecule has 0 bridgehead atoms. The summed E-state index contributed by atoms with van der Waals surface area (Å²) in [5.74, 6) is -0.463. The molecule has 0 heterocycles. The van der Waals surface area contributed by atoms with E-state index in [-0.39, 0.29) is 11.6 Å². The fraction of sp³-hybridized carbons (Fsp3) is 0.133. The van der Waals surface area contributed by atoms with Crippen LogP contribution in [-0.4, -0.2) is 5.78 Å². The van der Waals surface area contributed by atoms with E-state index in [0.29, 0.717) is 16.7 Å². The lowest BCUT2D eigenvalue weighted by atomic mass is 9.97. The molecule has 0 aliphatic carbocycles. The van der Waals surface area contributed by atoms with Crippen molar-refractivity contribution in [3.63, 3.8) is 0 Å². The molecule has 0 aromatic heterocycles. The van der Waals surface area contributed by atoms with Gasteiger partial charge in [-0.3, -0.25) is 4.79 Å². The first kappa shape index (κ1) is 11.5. The van der Waals surface area contributed by atoms with Crippen LogP contribution in [0.15, 0.2) is 42.5 Å². The smallest absolute Gasteiger partial charge is 0.193 e. The molecule has 0 unspecified atom stereocenters. The molecule has 2 heteroatoms. The minimum absolute atomic E-state index is 0.134. The molecular weight excluding hydrogens is 215 g/mol. The summed E-state index contributed by atoms with van der Waals surface area (Å²) < 4.78 is 13.6. The van der Waals surface area contributed by atoms with E-state index in [2.05, 4.69) is 0 Å². The number of rotatable bonds is 2. The van der Waals surface area contributed by atoms with Gasteiger partial charge in [0.1, 0.15) is 5.82 Å². The van der Waals surface area contributed by atoms with Crippen LogP contribution in [0, 0.1) is 19.7 Å². The van der Waals surface area contributed by atoms with Gasteiger partial charge in [0, 0.05) is 11.1 Å². The molecule has 0 atom stereocenters. The first-order valence-corrected chi connectivity index (χ1v) is 5.46. The number of benzene rings is 2. The fourth-order valence-electron chi connectivity index (χ4n) is 1.80. The number of carbonyl (C=O) groups excluding carboxylic acids is 1. The zero-order valence-corrected chi connectivity index (χ0v) is 9.83. The molecule has 0 fully saturated rings. The first-order chi connectivity index (χ1) is 8.09. The zero-order chi connectivity index (χ0) is 12.4. The highest BCUT2D eigenvalue weighted by Gasteiger charge is 2.14. The van der Waals surface area contributed by atoms with Crippen molar-refractivity contribution in [2.45, 2.75) is 13.8 Å². The molecule has 0 saturated heterocycles. The van der Waals surface area contributed by atoms with Crippen molar-refractivity contribution in [3.05, 3.63) is 70.5 Å². The van der Waals surface area contributed by atoms with Gasteiger partial charge in [0.05, 0.1) is 0 Å². The highest BCUT2D eigenvalue weighted by Crippen LogP contribution is 2.18. The standard InChI is InChI=1S/C15H13FO/c1-10-8-13(11(2)14(16)9-10)15(17)12-6-4-3-5-7-12/h3-9H,1-2H3. The Bertz CT molecular complexity index is 559. The maximum atomic E-state index is 13.6. The molecule has 17 heavy (non-hydrogen) atoms. The predicted molar refractivity (Wildman–Crippen MR) is 65.7 cm³/mol. The molecule has 0 amide bonds. The van der Waals surface area contributed by atoms with Crippen LogP contribution in [0.25, 0.3) is 0 Å². The van der Waals surface area contributed by atoms with Gasteiger partial charge < -0.3 is 0 Å². The number of ketones is 1. The van der Waals surface area contributed by atoms with Gasteiger partial charge >= 0.3 is 0 Å². The van der Waals surface area contributed by atoms with E-state index in [0.717, 1.165) is 5.56 Å². The van der Waals surface area contributed by atoms with Crippen LogP contribution in [0.1, 0.15) is 27.0 Å². The summed E-state index contributed by atoms with van der Waals surface area (Å²) in [7, 11) is 0.